The third-order valence-corrected chi connectivity index (χ3v) is 3.74. The van der Waals surface area contributed by atoms with Crippen LogP contribution in [0, 0.1) is 11.3 Å². The first-order chi connectivity index (χ1) is 8.71. The molecule has 8 heteroatoms. The summed E-state index contributed by atoms with van der Waals surface area (Å²) in [7, 11) is 1.21. The van der Waals surface area contributed by atoms with Crippen molar-refractivity contribution in [1.29, 1.82) is 5.26 Å². The predicted octanol–water partition coefficient (Wildman–Crippen LogP) is 2.79. The van der Waals surface area contributed by atoms with Crippen molar-refractivity contribution >= 4 is 27.8 Å². The van der Waals surface area contributed by atoms with Crippen LogP contribution in [0.15, 0.2) is 0 Å². The molecule has 19 heavy (non-hydrogen) atoms. The summed E-state index contributed by atoms with van der Waals surface area (Å²) < 4.78 is 37.0. The summed E-state index contributed by atoms with van der Waals surface area (Å²) in [5, 5.41) is 9.04. The van der Waals surface area contributed by atoms with Gasteiger partial charge in [0.15, 0.2) is 5.78 Å². The SMILES string of the molecule is CCC(=O)c1sc(N(C)CC(F)(F)F)c(C#N)c1N. The number of nitrogens with zero attached hydrogens (tertiary/aromatic N) is 2. The fraction of sp³-hybridized carbons (Fsp3) is 0.455. The van der Waals surface area contributed by atoms with E-state index < -0.39 is 12.7 Å². The number of hydrogen-bond donors (Lipinski definition) is 1. The molecule has 0 bridgehead atoms. The molecule has 104 valence electrons. The van der Waals surface area contributed by atoms with Gasteiger partial charge in [0.2, 0.25) is 0 Å². The van der Waals surface area contributed by atoms with Crippen molar-refractivity contribution in [3.63, 3.8) is 0 Å². The van der Waals surface area contributed by atoms with E-state index in [-0.39, 0.29) is 33.3 Å². The number of carbonyl (C=O) groups is 1. The lowest BCUT2D eigenvalue weighted by Gasteiger charge is -2.19. The molecule has 0 fully saturated rings. The van der Waals surface area contributed by atoms with E-state index in [1.165, 1.54) is 7.05 Å². The van der Waals surface area contributed by atoms with Crippen molar-refractivity contribution in [2.24, 2.45) is 0 Å². The second kappa shape index (κ2) is 5.48. The van der Waals surface area contributed by atoms with Crippen molar-refractivity contribution in [2.45, 2.75) is 19.5 Å². The number of ketones is 1. The molecule has 0 saturated heterocycles. The lowest BCUT2D eigenvalue weighted by molar-refractivity contribution is -0.119. The maximum Gasteiger partial charge on any atom is 0.405 e. The maximum atomic E-state index is 12.3. The molecule has 2 N–H and O–H groups in total. The Morgan fingerprint density at radius 1 is 1.53 bits per heavy atom. The number of nitrogen functional groups attached to an aromatic ring is 1. The number of alkyl halides is 3. The topological polar surface area (TPSA) is 70.1 Å². The van der Waals surface area contributed by atoms with E-state index in [0.29, 0.717) is 0 Å². The Bertz CT molecular complexity index is 531. The summed E-state index contributed by atoms with van der Waals surface area (Å²) in [5.74, 6) is -0.286. The number of anilines is 2. The molecule has 0 unspecified atom stereocenters. The number of rotatable bonds is 4. The lowest BCUT2D eigenvalue weighted by atomic mass is 10.2. The van der Waals surface area contributed by atoms with Crippen LogP contribution < -0.4 is 10.6 Å². The molecule has 4 nitrogen and oxygen atoms in total. The molecule has 0 aliphatic rings. The van der Waals surface area contributed by atoms with E-state index in [2.05, 4.69) is 0 Å². The minimum absolute atomic E-state index is 0.0385. The van der Waals surface area contributed by atoms with E-state index in [9.17, 15) is 18.0 Å². The summed E-state index contributed by atoms with van der Waals surface area (Å²) in [6.07, 6.45) is -4.22. The lowest BCUT2D eigenvalue weighted by Crippen LogP contribution is -2.30. The first-order valence-corrected chi connectivity index (χ1v) is 6.16. The average molecular weight is 291 g/mol. The molecule has 0 atom stereocenters. The quantitative estimate of drug-likeness (QED) is 0.866. The highest BCUT2D eigenvalue weighted by Gasteiger charge is 2.32. The molecule has 1 heterocycles. The van der Waals surface area contributed by atoms with Crippen LogP contribution >= 0.6 is 11.3 Å². The zero-order valence-corrected chi connectivity index (χ0v) is 11.2. The number of nitrogens with two attached hydrogens (primary N) is 1. The molecule has 0 radical (unpaired) electrons. The molecule has 0 aliphatic carbocycles. The standard InChI is InChI=1S/C11H12F3N3OS/c1-3-7(18)9-8(16)6(4-15)10(19-9)17(2)5-11(12,13)14/h3,5,16H2,1-2H3. The first-order valence-electron chi connectivity index (χ1n) is 5.34. The van der Waals surface area contributed by atoms with E-state index in [1.54, 1.807) is 13.0 Å². The summed E-state index contributed by atoms with van der Waals surface area (Å²) in [5.41, 5.74) is 5.54. The summed E-state index contributed by atoms with van der Waals surface area (Å²) in [6, 6.07) is 1.75. The largest absolute Gasteiger partial charge is 0.405 e. The van der Waals surface area contributed by atoms with Gasteiger partial charge in [-0.1, -0.05) is 6.92 Å². The Morgan fingerprint density at radius 2 is 2.11 bits per heavy atom. The Hall–Kier alpha value is -1.75. The van der Waals surface area contributed by atoms with Crippen LogP contribution in [-0.4, -0.2) is 25.6 Å². The van der Waals surface area contributed by atoms with Gasteiger partial charge in [0.1, 0.15) is 23.2 Å². The van der Waals surface area contributed by atoms with Crippen LogP contribution in [0.5, 0.6) is 0 Å². The second-order valence-electron chi connectivity index (χ2n) is 3.88. The van der Waals surface area contributed by atoms with Gasteiger partial charge in [-0.25, -0.2) is 0 Å². The molecular weight excluding hydrogens is 279 g/mol. The Labute approximate surface area is 112 Å². The third-order valence-electron chi connectivity index (χ3n) is 2.38. The van der Waals surface area contributed by atoms with Gasteiger partial charge >= 0.3 is 6.18 Å². The van der Waals surface area contributed by atoms with Gasteiger partial charge in [0, 0.05) is 13.5 Å². The molecule has 1 rings (SSSR count). The molecule has 1 aromatic heterocycles. The summed E-state index contributed by atoms with van der Waals surface area (Å²) in [6.45, 7) is 0.411. The van der Waals surface area contributed by atoms with Crippen LogP contribution in [0.3, 0.4) is 0 Å². The minimum atomic E-state index is -4.39. The number of nitriles is 1. The molecule has 0 spiro atoms. The van der Waals surface area contributed by atoms with Gasteiger partial charge < -0.3 is 10.6 Å². The molecule has 0 aromatic carbocycles. The zero-order valence-electron chi connectivity index (χ0n) is 10.3. The van der Waals surface area contributed by atoms with Gasteiger partial charge in [0.25, 0.3) is 0 Å². The number of Topliss-reactive ketones (excluding diaryl/α,β-unsaturated/α-hetero) is 1. The fourth-order valence-corrected chi connectivity index (χ4v) is 2.66. The Kier molecular flexibility index (Phi) is 4.42. The third kappa shape index (κ3) is 3.38. The van der Waals surface area contributed by atoms with Crippen molar-refractivity contribution < 1.29 is 18.0 Å². The molecule has 0 aliphatic heterocycles. The smallest absolute Gasteiger partial charge is 0.396 e. The van der Waals surface area contributed by atoms with Gasteiger partial charge in [-0.05, 0) is 0 Å². The highest BCUT2D eigenvalue weighted by Crippen LogP contribution is 2.38. The van der Waals surface area contributed by atoms with Crippen LogP contribution in [0.1, 0.15) is 28.6 Å². The van der Waals surface area contributed by atoms with E-state index in [0.717, 1.165) is 16.2 Å². The van der Waals surface area contributed by atoms with E-state index >= 15 is 0 Å². The van der Waals surface area contributed by atoms with Gasteiger partial charge in [-0.2, -0.15) is 18.4 Å². The van der Waals surface area contributed by atoms with Crippen LogP contribution in [-0.2, 0) is 0 Å². The highest BCUT2D eigenvalue weighted by atomic mass is 32.1. The summed E-state index contributed by atoms with van der Waals surface area (Å²) >= 11 is 0.821. The van der Waals surface area contributed by atoms with Crippen molar-refractivity contribution in [1.82, 2.24) is 0 Å². The summed E-state index contributed by atoms with van der Waals surface area (Å²) in [4.78, 5) is 12.6. The zero-order chi connectivity index (χ0) is 14.8. The number of halogens is 3. The number of thiophene rings is 1. The molecular formula is C11H12F3N3OS. The second-order valence-corrected chi connectivity index (χ2v) is 4.88. The fourth-order valence-electron chi connectivity index (χ4n) is 1.52. The van der Waals surface area contributed by atoms with Crippen molar-refractivity contribution in [2.75, 3.05) is 24.2 Å². The first kappa shape index (κ1) is 15.3. The minimum Gasteiger partial charge on any atom is -0.396 e. The number of carbonyl (C=O) groups excluding carboxylic acids is 1. The van der Waals surface area contributed by atoms with E-state index in [4.69, 9.17) is 11.0 Å². The highest BCUT2D eigenvalue weighted by molar-refractivity contribution is 7.19. The monoisotopic (exact) mass is 291 g/mol. The number of hydrogen-bond acceptors (Lipinski definition) is 5. The van der Waals surface area contributed by atoms with Crippen LogP contribution in [0.2, 0.25) is 0 Å². The van der Waals surface area contributed by atoms with Crippen LogP contribution in [0.25, 0.3) is 0 Å². The molecule has 0 saturated carbocycles. The van der Waals surface area contributed by atoms with Gasteiger partial charge in [-0.15, -0.1) is 11.3 Å². The van der Waals surface area contributed by atoms with Gasteiger partial charge in [0.05, 0.1) is 10.6 Å². The van der Waals surface area contributed by atoms with E-state index in [1.807, 2.05) is 0 Å². The normalized spacial score (nSPS) is 11.2. The van der Waals surface area contributed by atoms with Crippen molar-refractivity contribution in [3.8, 4) is 6.07 Å². The van der Waals surface area contributed by atoms with Crippen molar-refractivity contribution in [3.05, 3.63) is 10.4 Å². The van der Waals surface area contributed by atoms with Crippen LogP contribution in [0.4, 0.5) is 23.9 Å². The average Bonchev–Trinajstić information content (AvgIpc) is 2.63. The Balaban J connectivity index is 3.22. The predicted molar refractivity (Wildman–Crippen MR) is 67.4 cm³/mol. The molecule has 0 amide bonds. The Morgan fingerprint density at radius 3 is 2.53 bits per heavy atom. The van der Waals surface area contributed by atoms with Gasteiger partial charge in [-0.3, -0.25) is 4.79 Å². The molecule has 1 aromatic rings. The maximum absolute atomic E-state index is 12.3.